The SMILES string of the molecule is CC(C)[Si](C#Cc1c2ccccc2c(C#C[Si](C(C)C)(C(C)C)C(C)C)c2cc(N)c(N)cc12)(C(C)C)C(C)C. The second-order valence-electron chi connectivity index (χ2n) is 13.6. The molecule has 4 N–H and O–H groups in total. The standard InChI is InChI=1S/C36H52N2Si2/c1-23(2)39(24(3)4,25(5)6)19-17-31-29-15-13-14-16-30(29)32(34-22-36(38)35(37)21-33(31)34)18-20-40(26(7)8,27(9)10)28(11)12/h13-16,21-28H,37-38H2,1-12H3. The average molecular weight is 569 g/mol. The smallest absolute Gasteiger partial charge is 0.146 e. The summed E-state index contributed by atoms with van der Waals surface area (Å²) < 4.78 is 0. The van der Waals surface area contributed by atoms with E-state index in [1.807, 2.05) is 12.1 Å². The molecule has 214 valence electrons. The van der Waals surface area contributed by atoms with Crippen LogP contribution in [0.15, 0.2) is 36.4 Å². The first-order valence-corrected chi connectivity index (χ1v) is 19.7. The van der Waals surface area contributed by atoms with Gasteiger partial charge in [0.15, 0.2) is 0 Å². The topological polar surface area (TPSA) is 52.0 Å². The van der Waals surface area contributed by atoms with Gasteiger partial charge in [0, 0.05) is 21.9 Å². The van der Waals surface area contributed by atoms with E-state index in [-0.39, 0.29) is 0 Å². The molecule has 0 aliphatic rings. The fourth-order valence-electron chi connectivity index (χ4n) is 7.73. The molecule has 0 heterocycles. The van der Waals surface area contributed by atoms with Gasteiger partial charge < -0.3 is 11.5 Å². The molecular formula is C36H52N2Si2. The van der Waals surface area contributed by atoms with Crippen molar-refractivity contribution in [1.29, 1.82) is 0 Å². The summed E-state index contributed by atoms with van der Waals surface area (Å²) in [6, 6.07) is 12.7. The van der Waals surface area contributed by atoms with Crippen molar-refractivity contribution in [2.24, 2.45) is 0 Å². The minimum atomic E-state index is -1.94. The predicted molar refractivity (Wildman–Crippen MR) is 186 cm³/mol. The Hall–Kier alpha value is -2.67. The summed E-state index contributed by atoms with van der Waals surface area (Å²) in [5.74, 6) is 7.58. The lowest BCUT2D eigenvalue weighted by molar-refractivity contribution is 0.838. The molecule has 0 bridgehead atoms. The number of nitrogens with two attached hydrogens (primary N) is 2. The van der Waals surface area contributed by atoms with E-state index in [0.717, 1.165) is 32.7 Å². The van der Waals surface area contributed by atoms with Gasteiger partial charge in [-0.1, -0.05) is 119 Å². The zero-order valence-corrected chi connectivity index (χ0v) is 29.1. The van der Waals surface area contributed by atoms with Crippen molar-refractivity contribution in [3.05, 3.63) is 47.5 Å². The minimum absolute atomic E-state index is 0.560. The highest BCUT2D eigenvalue weighted by molar-refractivity contribution is 6.91. The molecule has 0 saturated carbocycles. The van der Waals surface area contributed by atoms with E-state index < -0.39 is 16.1 Å². The molecule has 0 atom stereocenters. The zero-order chi connectivity index (χ0) is 30.2. The fourth-order valence-corrected chi connectivity index (χ4v) is 18.1. The maximum atomic E-state index is 6.44. The molecule has 3 aromatic carbocycles. The van der Waals surface area contributed by atoms with Gasteiger partial charge in [-0.2, -0.15) is 0 Å². The lowest BCUT2D eigenvalue weighted by Crippen LogP contribution is -2.43. The Balaban J connectivity index is 2.54. The van der Waals surface area contributed by atoms with E-state index in [4.69, 9.17) is 11.5 Å². The van der Waals surface area contributed by atoms with Gasteiger partial charge >= 0.3 is 0 Å². The number of nitrogen functional groups attached to an aromatic ring is 2. The Kier molecular flexibility index (Phi) is 9.60. The molecule has 40 heavy (non-hydrogen) atoms. The Morgan fingerprint density at radius 3 is 1.00 bits per heavy atom. The minimum Gasteiger partial charge on any atom is -0.397 e. The third-order valence-corrected chi connectivity index (χ3v) is 22.3. The molecule has 3 rings (SSSR count). The number of anilines is 2. The number of benzene rings is 3. The number of hydrogen-bond donors (Lipinski definition) is 2. The van der Waals surface area contributed by atoms with Crippen LogP contribution in [-0.4, -0.2) is 16.1 Å². The molecule has 0 radical (unpaired) electrons. The average Bonchev–Trinajstić information content (AvgIpc) is 2.85. The largest absolute Gasteiger partial charge is 0.397 e. The molecule has 0 aliphatic carbocycles. The Morgan fingerprint density at radius 2 is 0.750 bits per heavy atom. The van der Waals surface area contributed by atoms with Gasteiger partial charge in [-0.3, -0.25) is 0 Å². The highest BCUT2D eigenvalue weighted by atomic mass is 28.3. The van der Waals surface area contributed by atoms with Crippen LogP contribution in [0.2, 0.25) is 33.2 Å². The van der Waals surface area contributed by atoms with Gasteiger partial charge in [0.2, 0.25) is 0 Å². The normalized spacial score (nSPS) is 12.7. The highest BCUT2D eigenvalue weighted by Crippen LogP contribution is 2.43. The maximum absolute atomic E-state index is 6.44. The molecule has 0 fully saturated rings. The van der Waals surface area contributed by atoms with Gasteiger partial charge in [0.1, 0.15) is 16.1 Å². The number of hydrogen-bond acceptors (Lipinski definition) is 2. The molecular weight excluding hydrogens is 517 g/mol. The van der Waals surface area contributed by atoms with E-state index in [9.17, 15) is 0 Å². The molecule has 2 nitrogen and oxygen atoms in total. The van der Waals surface area contributed by atoms with E-state index in [1.165, 1.54) is 0 Å². The van der Waals surface area contributed by atoms with Crippen LogP contribution in [-0.2, 0) is 0 Å². The van der Waals surface area contributed by atoms with Crippen molar-refractivity contribution in [2.45, 2.75) is 116 Å². The van der Waals surface area contributed by atoms with Crippen LogP contribution in [0.4, 0.5) is 11.4 Å². The van der Waals surface area contributed by atoms with E-state index in [2.05, 4.69) is 130 Å². The van der Waals surface area contributed by atoms with Gasteiger partial charge in [0.05, 0.1) is 11.4 Å². The first-order valence-electron chi connectivity index (χ1n) is 15.2. The van der Waals surface area contributed by atoms with Crippen LogP contribution >= 0.6 is 0 Å². The van der Waals surface area contributed by atoms with Crippen LogP contribution in [0.3, 0.4) is 0 Å². The lowest BCUT2D eigenvalue weighted by atomic mass is 9.91. The first-order chi connectivity index (χ1) is 18.6. The zero-order valence-electron chi connectivity index (χ0n) is 27.1. The number of rotatable bonds is 6. The van der Waals surface area contributed by atoms with Crippen LogP contribution in [0.5, 0.6) is 0 Å². The van der Waals surface area contributed by atoms with Crippen molar-refractivity contribution in [3.63, 3.8) is 0 Å². The number of fused-ring (bicyclic) bond motifs is 2. The summed E-state index contributed by atoms with van der Waals surface area (Å²) in [6.45, 7) is 28.4. The van der Waals surface area contributed by atoms with E-state index >= 15 is 0 Å². The van der Waals surface area contributed by atoms with Gasteiger partial charge in [0.25, 0.3) is 0 Å². The van der Waals surface area contributed by atoms with E-state index in [1.54, 1.807) is 0 Å². The van der Waals surface area contributed by atoms with Crippen molar-refractivity contribution in [1.82, 2.24) is 0 Å². The Bertz CT molecular complexity index is 1350. The van der Waals surface area contributed by atoms with Gasteiger partial charge in [-0.15, -0.1) is 11.1 Å². The van der Waals surface area contributed by atoms with Crippen LogP contribution < -0.4 is 11.5 Å². The fraction of sp³-hybridized carbons (Fsp3) is 0.500. The highest BCUT2D eigenvalue weighted by Gasteiger charge is 2.42. The third kappa shape index (κ3) is 5.34. The molecule has 0 aromatic heterocycles. The lowest BCUT2D eigenvalue weighted by Gasteiger charge is -2.38. The summed E-state index contributed by atoms with van der Waals surface area (Å²) in [7, 11) is -3.88. The second-order valence-corrected chi connectivity index (χ2v) is 24.8. The molecule has 0 amide bonds. The maximum Gasteiger partial charge on any atom is 0.146 e. The summed E-state index contributed by atoms with van der Waals surface area (Å²) >= 11 is 0. The van der Waals surface area contributed by atoms with Gasteiger partial charge in [-0.05, 0) is 56.2 Å². The molecule has 0 spiro atoms. The Morgan fingerprint density at radius 1 is 0.475 bits per heavy atom. The van der Waals surface area contributed by atoms with Crippen molar-refractivity contribution < 1.29 is 0 Å². The predicted octanol–water partition coefficient (Wildman–Crippen LogP) is 10.3. The van der Waals surface area contributed by atoms with Crippen LogP contribution in [0.1, 0.15) is 94.2 Å². The van der Waals surface area contributed by atoms with Crippen molar-refractivity contribution in [2.75, 3.05) is 11.5 Å². The summed E-state index contributed by atoms with van der Waals surface area (Å²) in [5, 5.41) is 4.43. The monoisotopic (exact) mass is 568 g/mol. The molecule has 0 unspecified atom stereocenters. The van der Waals surface area contributed by atoms with Crippen molar-refractivity contribution in [3.8, 4) is 22.9 Å². The molecule has 3 aromatic rings. The second kappa shape index (κ2) is 12.1. The van der Waals surface area contributed by atoms with Crippen LogP contribution in [0, 0.1) is 22.9 Å². The summed E-state index contributed by atoms with van der Waals surface area (Å²) in [4.78, 5) is 0. The molecule has 4 heteroatoms. The summed E-state index contributed by atoms with van der Waals surface area (Å²) in [6.07, 6.45) is 0. The van der Waals surface area contributed by atoms with Gasteiger partial charge in [-0.25, -0.2) is 0 Å². The third-order valence-electron chi connectivity index (χ3n) is 9.77. The van der Waals surface area contributed by atoms with Crippen LogP contribution in [0.25, 0.3) is 21.5 Å². The quantitative estimate of drug-likeness (QED) is 0.134. The van der Waals surface area contributed by atoms with Crippen molar-refractivity contribution >= 4 is 49.1 Å². The van der Waals surface area contributed by atoms with E-state index in [0.29, 0.717) is 44.6 Å². The Labute approximate surface area is 246 Å². The summed E-state index contributed by atoms with van der Waals surface area (Å²) in [5.41, 5.74) is 27.5. The first kappa shape index (κ1) is 31.9. The molecule has 0 aliphatic heterocycles. The molecule has 0 saturated heterocycles.